The van der Waals surface area contributed by atoms with Crippen LogP contribution in [0, 0.1) is 6.92 Å². The second-order valence-corrected chi connectivity index (χ2v) is 6.71. The van der Waals surface area contributed by atoms with E-state index in [1.54, 1.807) is 18.4 Å². The van der Waals surface area contributed by atoms with Crippen LogP contribution in [0.25, 0.3) is 10.9 Å². The molecule has 0 radical (unpaired) electrons. The molecule has 2 heterocycles. The number of guanidine groups is 1. The Morgan fingerprint density at radius 2 is 2.00 bits per heavy atom. The van der Waals surface area contributed by atoms with Crippen molar-refractivity contribution in [1.29, 1.82) is 0 Å². The van der Waals surface area contributed by atoms with Crippen molar-refractivity contribution in [2.24, 2.45) is 4.99 Å². The van der Waals surface area contributed by atoms with Crippen LogP contribution in [0.4, 0.5) is 0 Å². The highest BCUT2D eigenvalue weighted by atomic mass is 32.1. The normalized spacial score (nSPS) is 11.8. The number of H-pyrrole nitrogens is 1. The van der Waals surface area contributed by atoms with Crippen LogP contribution in [-0.2, 0) is 12.8 Å². The number of nitrogens with one attached hydrogen (secondary N) is 3. The third-order valence-corrected chi connectivity index (χ3v) is 4.75. The van der Waals surface area contributed by atoms with Gasteiger partial charge in [-0.25, -0.2) is 4.98 Å². The van der Waals surface area contributed by atoms with Crippen LogP contribution in [0.3, 0.4) is 0 Å². The number of rotatable bonds is 6. The van der Waals surface area contributed by atoms with E-state index in [1.165, 1.54) is 16.5 Å². The lowest BCUT2D eigenvalue weighted by Gasteiger charge is -2.11. The standard InChI is InChI=1S/C18H23N5S/c1-13-23-15(12-24-13)8-10-21-18(19-2)20-9-7-14-11-22-17-6-4-3-5-16(14)17/h3-6,11-12,22H,7-10H2,1-2H3,(H2,19,20,21). The number of thiazole rings is 1. The molecule has 126 valence electrons. The molecule has 0 aliphatic rings. The number of para-hydroxylation sites is 1. The molecule has 24 heavy (non-hydrogen) atoms. The maximum atomic E-state index is 4.47. The van der Waals surface area contributed by atoms with Crippen molar-refractivity contribution in [2.45, 2.75) is 19.8 Å². The van der Waals surface area contributed by atoms with Gasteiger partial charge in [0.05, 0.1) is 10.7 Å². The van der Waals surface area contributed by atoms with Crippen LogP contribution in [0.5, 0.6) is 0 Å². The monoisotopic (exact) mass is 341 g/mol. The van der Waals surface area contributed by atoms with Crippen molar-refractivity contribution in [1.82, 2.24) is 20.6 Å². The molecule has 0 spiro atoms. The van der Waals surface area contributed by atoms with Crippen LogP contribution in [0.2, 0.25) is 0 Å². The minimum Gasteiger partial charge on any atom is -0.361 e. The summed E-state index contributed by atoms with van der Waals surface area (Å²) in [5.41, 5.74) is 3.65. The predicted molar refractivity (Wildman–Crippen MR) is 102 cm³/mol. The fraction of sp³-hybridized carbons (Fsp3) is 0.333. The molecular weight excluding hydrogens is 318 g/mol. The van der Waals surface area contributed by atoms with Gasteiger partial charge in [-0.1, -0.05) is 18.2 Å². The Hall–Kier alpha value is -2.34. The van der Waals surface area contributed by atoms with E-state index in [4.69, 9.17) is 0 Å². The zero-order valence-electron chi connectivity index (χ0n) is 14.1. The van der Waals surface area contributed by atoms with Crippen LogP contribution in [-0.4, -0.2) is 36.1 Å². The van der Waals surface area contributed by atoms with E-state index in [0.717, 1.165) is 42.6 Å². The first-order valence-electron chi connectivity index (χ1n) is 8.17. The van der Waals surface area contributed by atoms with Crippen molar-refractivity contribution in [3.63, 3.8) is 0 Å². The van der Waals surface area contributed by atoms with E-state index in [2.05, 4.69) is 61.4 Å². The summed E-state index contributed by atoms with van der Waals surface area (Å²) in [6.07, 6.45) is 3.95. The van der Waals surface area contributed by atoms with Crippen LogP contribution in [0.1, 0.15) is 16.3 Å². The Bertz CT molecular complexity index is 818. The molecule has 0 saturated carbocycles. The highest BCUT2D eigenvalue weighted by Crippen LogP contribution is 2.17. The molecule has 3 aromatic rings. The molecule has 0 aliphatic heterocycles. The van der Waals surface area contributed by atoms with Gasteiger partial charge in [0.1, 0.15) is 0 Å². The number of nitrogens with zero attached hydrogens (tertiary/aromatic N) is 2. The number of benzene rings is 1. The van der Waals surface area contributed by atoms with E-state index in [9.17, 15) is 0 Å². The molecule has 2 aromatic heterocycles. The van der Waals surface area contributed by atoms with E-state index < -0.39 is 0 Å². The molecule has 0 atom stereocenters. The van der Waals surface area contributed by atoms with Gasteiger partial charge in [-0.15, -0.1) is 11.3 Å². The number of hydrogen-bond donors (Lipinski definition) is 3. The zero-order chi connectivity index (χ0) is 16.8. The summed E-state index contributed by atoms with van der Waals surface area (Å²) in [4.78, 5) is 12.1. The van der Waals surface area contributed by atoms with E-state index in [0.29, 0.717) is 0 Å². The summed E-state index contributed by atoms with van der Waals surface area (Å²) in [7, 11) is 1.80. The van der Waals surface area contributed by atoms with Gasteiger partial charge in [-0.2, -0.15) is 0 Å². The van der Waals surface area contributed by atoms with Gasteiger partial charge in [0, 0.05) is 49.0 Å². The Morgan fingerprint density at radius 3 is 2.75 bits per heavy atom. The highest BCUT2D eigenvalue weighted by molar-refractivity contribution is 7.09. The molecule has 0 saturated heterocycles. The first kappa shape index (κ1) is 16.5. The minimum absolute atomic E-state index is 0.829. The number of aromatic nitrogens is 2. The second-order valence-electron chi connectivity index (χ2n) is 5.64. The first-order chi connectivity index (χ1) is 11.8. The number of fused-ring (bicyclic) bond motifs is 1. The summed E-state index contributed by atoms with van der Waals surface area (Å²) in [5, 5.41) is 11.2. The van der Waals surface area contributed by atoms with E-state index in [-0.39, 0.29) is 0 Å². The van der Waals surface area contributed by atoms with Crippen molar-refractivity contribution in [2.75, 3.05) is 20.1 Å². The lowest BCUT2D eigenvalue weighted by Crippen LogP contribution is -2.39. The van der Waals surface area contributed by atoms with E-state index >= 15 is 0 Å². The van der Waals surface area contributed by atoms with Crippen molar-refractivity contribution in [3.8, 4) is 0 Å². The average molecular weight is 341 g/mol. The van der Waals surface area contributed by atoms with Crippen molar-refractivity contribution >= 4 is 28.2 Å². The van der Waals surface area contributed by atoms with Crippen molar-refractivity contribution in [3.05, 3.63) is 52.1 Å². The largest absolute Gasteiger partial charge is 0.361 e. The number of hydrogen-bond acceptors (Lipinski definition) is 3. The maximum Gasteiger partial charge on any atom is 0.190 e. The van der Waals surface area contributed by atoms with Gasteiger partial charge in [0.15, 0.2) is 5.96 Å². The molecular formula is C18H23N5S. The fourth-order valence-electron chi connectivity index (χ4n) is 2.71. The molecule has 0 amide bonds. The van der Waals surface area contributed by atoms with Gasteiger partial charge in [-0.05, 0) is 25.0 Å². The third-order valence-electron chi connectivity index (χ3n) is 3.93. The number of aliphatic imine (C=N–C) groups is 1. The minimum atomic E-state index is 0.829. The van der Waals surface area contributed by atoms with Crippen molar-refractivity contribution < 1.29 is 0 Å². The second kappa shape index (κ2) is 7.97. The Kier molecular flexibility index (Phi) is 5.48. The lowest BCUT2D eigenvalue weighted by molar-refractivity contribution is 0.778. The lowest BCUT2D eigenvalue weighted by atomic mass is 10.1. The molecule has 6 heteroatoms. The molecule has 5 nitrogen and oxygen atoms in total. The SMILES string of the molecule is CN=C(NCCc1csc(C)n1)NCCc1c[nH]c2ccccc12. The molecule has 0 aliphatic carbocycles. The summed E-state index contributed by atoms with van der Waals surface area (Å²) in [5.74, 6) is 0.835. The van der Waals surface area contributed by atoms with Crippen LogP contribution in [0.15, 0.2) is 40.8 Å². The number of aryl methyl sites for hydroxylation is 1. The summed E-state index contributed by atoms with van der Waals surface area (Å²) in [6.45, 7) is 3.71. The maximum absolute atomic E-state index is 4.47. The quantitative estimate of drug-likeness (QED) is 0.477. The average Bonchev–Trinajstić information content (AvgIpc) is 3.20. The van der Waals surface area contributed by atoms with Gasteiger partial charge in [0.2, 0.25) is 0 Å². The van der Waals surface area contributed by atoms with Gasteiger partial charge in [-0.3, -0.25) is 4.99 Å². The molecule has 1 aromatic carbocycles. The first-order valence-corrected chi connectivity index (χ1v) is 9.05. The summed E-state index contributed by atoms with van der Waals surface area (Å²) < 4.78 is 0. The summed E-state index contributed by atoms with van der Waals surface area (Å²) in [6, 6.07) is 8.39. The summed E-state index contributed by atoms with van der Waals surface area (Å²) >= 11 is 1.69. The Morgan fingerprint density at radius 1 is 1.21 bits per heavy atom. The Balaban J connectivity index is 1.44. The molecule has 3 N–H and O–H groups in total. The molecule has 3 rings (SSSR count). The number of aromatic amines is 1. The highest BCUT2D eigenvalue weighted by Gasteiger charge is 2.04. The third kappa shape index (κ3) is 4.14. The smallest absolute Gasteiger partial charge is 0.190 e. The van der Waals surface area contributed by atoms with Crippen LogP contribution < -0.4 is 10.6 Å². The van der Waals surface area contributed by atoms with Crippen LogP contribution >= 0.6 is 11.3 Å². The van der Waals surface area contributed by atoms with E-state index in [1.807, 2.05) is 6.92 Å². The molecule has 0 fully saturated rings. The van der Waals surface area contributed by atoms with Gasteiger partial charge < -0.3 is 15.6 Å². The Labute approximate surface area is 146 Å². The molecule has 0 unspecified atom stereocenters. The van der Waals surface area contributed by atoms with Gasteiger partial charge in [0.25, 0.3) is 0 Å². The fourth-order valence-corrected chi connectivity index (χ4v) is 3.35. The predicted octanol–water partition coefficient (Wildman–Crippen LogP) is 2.88. The zero-order valence-corrected chi connectivity index (χ0v) is 14.9. The molecule has 0 bridgehead atoms. The topological polar surface area (TPSA) is 65.1 Å². The van der Waals surface area contributed by atoms with Gasteiger partial charge >= 0.3 is 0 Å².